The first-order chi connectivity index (χ1) is 8.04. The molecule has 1 N–H and O–H groups in total. The summed E-state index contributed by atoms with van der Waals surface area (Å²) >= 11 is 15.4. The van der Waals surface area contributed by atoms with Gasteiger partial charge in [0.05, 0.1) is 9.85 Å². The molecule has 0 aliphatic rings. The van der Waals surface area contributed by atoms with Crippen LogP contribution in [0.15, 0.2) is 18.3 Å². The number of Topliss-reactive ketones (excluding diaryl/α,β-unsaturated/α-hetero) is 1. The van der Waals surface area contributed by atoms with E-state index in [0.717, 1.165) is 17.3 Å². The van der Waals surface area contributed by atoms with Crippen LogP contribution in [0.4, 0.5) is 0 Å². The quantitative estimate of drug-likeness (QED) is 0.632. The fourth-order valence-electron chi connectivity index (χ4n) is 1.73. The maximum atomic E-state index is 12.1. The molecule has 0 aliphatic carbocycles. The van der Waals surface area contributed by atoms with Crippen LogP contribution in [0, 0.1) is 0 Å². The molecule has 2 aromatic rings. The lowest BCUT2D eigenvalue weighted by Gasteiger charge is -2.05. The number of halogens is 3. The third kappa shape index (κ3) is 2.37. The number of ketones is 1. The van der Waals surface area contributed by atoms with Gasteiger partial charge in [0.25, 0.3) is 0 Å². The maximum absolute atomic E-state index is 12.1. The number of nitrogens with one attached hydrogen (secondary N) is 1. The lowest BCUT2D eigenvalue weighted by Crippen LogP contribution is -2.12. The Morgan fingerprint density at radius 1 is 1.47 bits per heavy atom. The number of hydrogen-bond donors (Lipinski definition) is 1. The van der Waals surface area contributed by atoms with Crippen LogP contribution in [0.1, 0.15) is 23.7 Å². The summed E-state index contributed by atoms with van der Waals surface area (Å²) in [6.45, 7) is 1.95. The van der Waals surface area contributed by atoms with Crippen molar-refractivity contribution in [1.29, 1.82) is 0 Å². The van der Waals surface area contributed by atoms with E-state index in [0.29, 0.717) is 15.6 Å². The van der Waals surface area contributed by atoms with E-state index in [9.17, 15) is 4.79 Å². The first-order valence-corrected chi connectivity index (χ1v) is 6.86. The van der Waals surface area contributed by atoms with Crippen molar-refractivity contribution in [1.82, 2.24) is 4.98 Å². The summed E-state index contributed by atoms with van der Waals surface area (Å²) in [6, 6.07) is 3.40. The van der Waals surface area contributed by atoms with Gasteiger partial charge in [0.1, 0.15) is 0 Å². The van der Waals surface area contributed by atoms with Gasteiger partial charge in [-0.15, -0.1) is 0 Å². The normalized spacial score (nSPS) is 12.9. The first-order valence-electron chi connectivity index (χ1n) is 5.19. The van der Waals surface area contributed by atoms with Crippen molar-refractivity contribution in [3.63, 3.8) is 0 Å². The van der Waals surface area contributed by atoms with Crippen molar-refractivity contribution in [2.24, 2.45) is 0 Å². The van der Waals surface area contributed by atoms with Gasteiger partial charge in [-0.1, -0.05) is 46.1 Å². The molecular weight excluding hydrogens is 325 g/mol. The van der Waals surface area contributed by atoms with Crippen molar-refractivity contribution < 1.29 is 4.79 Å². The summed E-state index contributed by atoms with van der Waals surface area (Å²) < 4.78 is 0. The second-order valence-electron chi connectivity index (χ2n) is 3.75. The van der Waals surface area contributed by atoms with E-state index in [4.69, 9.17) is 23.2 Å². The largest absolute Gasteiger partial charge is 0.360 e. The van der Waals surface area contributed by atoms with Crippen LogP contribution < -0.4 is 0 Å². The molecule has 0 aliphatic heterocycles. The summed E-state index contributed by atoms with van der Waals surface area (Å²) in [7, 11) is 0. The summed E-state index contributed by atoms with van der Waals surface area (Å²) in [5.41, 5.74) is 1.38. The highest BCUT2D eigenvalue weighted by Gasteiger charge is 2.20. The number of carbonyl (C=O) groups excluding carboxylic acids is 1. The number of rotatable bonds is 3. The molecule has 2 rings (SSSR count). The summed E-state index contributed by atoms with van der Waals surface area (Å²) in [4.78, 5) is 15.0. The number of benzene rings is 1. The lowest BCUT2D eigenvalue weighted by atomic mass is 10.1. The lowest BCUT2D eigenvalue weighted by molar-refractivity contribution is 0.0992. The van der Waals surface area contributed by atoms with Gasteiger partial charge in [0.2, 0.25) is 0 Å². The summed E-state index contributed by atoms with van der Waals surface area (Å²) in [5, 5.41) is 1.78. The van der Waals surface area contributed by atoms with Crippen molar-refractivity contribution in [3.8, 4) is 0 Å². The van der Waals surface area contributed by atoms with E-state index < -0.39 is 0 Å². The molecule has 1 aromatic heterocycles. The monoisotopic (exact) mass is 333 g/mol. The summed E-state index contributed by atoms with van der Waals surface area (Å²) in [5.74, 6) is 0.0305. The Bertz CT molecular complexity index is 579. The van der Waals surface area contributed by atoms with Crippen LogP contribution in [0.25, 0.3) is 10.9 Å². The molecule has 0 amide bonds. The van der Waals surface area contributed by atoms with Gasteiger partial charge in [0, 0.05) is 27.7 Å². The van der Waals surface area contributed by atoms with Gasteiger partial charge in [-0.05, 0) is 18.6 Å². The van der Waals surface area contributed by atoms with E-state index >= 15 is 0 Å². The average Bonchev–Trinajstić information content (AvgIpc) is 2.70. The first kappa shape index (κ1) is 12.9. The average molecular weight is 335 g/mol. The van der Waals surface area contributed by atoms with Crippen molar-refractivity contribution >= 4 is 55.8 Å². The predicted octanol–water partition coefficient (Wildman–Crippen LogP) is 4.83. The molecule has 0 saturated heterocycles. The molecule has 1 unspecified atom stereocenters. The molecule has 5 heteroatoms. The van der Waals surface area contributed by atoms with E-state index in [-0.39, 0.29) is 10.6 Å². The van der Waals surface area contributed by atoms with Crippen molar-refractivity contribution in [2.75, 3.05) is 0 Å². The van der Waals surface area contributed by atoms with Crippen LogP contribution >= 0.6 is 39.1 Å². The highest BCUT2D eigenvalue weighted by atomic mass is 79.9. The molecule has 0 radical (unpaired) electrons. The minimum atomic E-state index is -0.187. The molecule has 1 heterocycles. The van der Waals surface area contributed by atoms with Crippen molar-refractivity contribution in [2.45, 2.75) is 18.2 Å². The Hall–Kier alpha value is -0.510. The smallest absolute Gasteiger partial charge is 0.178 e. The third-order valence-electron chi connectivity index (χ3n) is 2.60. The van der Waals surface area contributed by atoms with E-state index in [2.05, 4.69) is 20.9 Å². The van der Waals surface area contributed by atoms with Crippen LogP contribution in [0.2, 0.25) is 10.0 Å². The zero-order valence-corrected chi connectivity index (χ0v) is 12.2. The number of fused-ring (bicyclic) bond motifs is 1. The molecule has 90 valence electrons. The Balaban J connectivity index is 2.60. The number of aromatic amines is 1. The standard InChI is InChI=1S/C12H10BrCl2NO/c1-2-8(13)12(17)7-5-16-10-4-6(14)3-9(15)11(7)10/h3-5,8,16H,2H2,1H3. The molecule has 1 aromatic carbocycles. The van der Waals surface area contributed by atoms with Gasteiger partial charge in [-0.3, -0.25) is 4.79 Å². The zero-order chi connectivity index (χ0) is 12.6. The molecule has 2 nitrogen and oxygen atoms in total. The number of H-pyrrole nitrogens is 1. The third-order valence-corrected chi connectivity index (χ3v) is 4.18. The number of hydrogen-bond acceptors (Lipinski definition) is 1. The van der Waals surface area contributed by atoms with Gasteiger partial charge < -0.3 is 4.98 Å². The second-order valence-corrected chi connectivity index (χ2v) is 5.70. The Labute approximate surface area is 117 Å². The Kier molecular flexibility index (Phi) is 3.81. The van der Waals surface area contributed by atoms with Gasteiger partial charge in [-0.2, -0.15) is 0 Å². The fourth-order valence-corrected chi connectivity index (χ4v) is 2.57. The number of aromatic nitrogens is 1. The molecular formula is C12H10BrCl2NO. The van der Waals surface area contributed by atoms with Gasteiger partial charge in [0.15, 0.2) is 5.78 Å². The molecule has 1 atom stereocenters. The van der Waals surface area contributed by atoms with Gasteiger partial charge in [-0.25, -0.2) is 0 Å². The fraction of sp³-hybridized carbons (Fsp3) is 0.250. The minimum absolute atomic E-state index is 0.0305. The zero-order valence-electron chi connectivity index (χ0n) is 9.06. The van der Waals surface area contributed by atoms with Crippen LogP contribution in [0.3, 0.4) is 0 Å². The topological polar surface area (TPSA) is 32.9 Å². The maximum Gasteiger partial charge on any atom is 0.178 e. The minimum Gasteiger partial charge on any atom is -0.360 e. The predicted molar refractivity (Wildman–Crippen MR) is 75.7 cm³/mol. The highest BCUT2D eigenvalue weighted by Crippen LogP contribution is 2.31. The van der Waals surface area contributed by atoms with Crippen LogP contribution in [-0.2, 0) is 0 Å². The summed E-state index contributed by atoms with van der Waals surface area (Å²) in [6.07, 6.45) is 2.41. The van der Waals surface area contributed by atoms with E-state index in [1.807, 2.05) is 6.92 Å². The molecule has 0 bridgehead atoms. The highest BCUT2D eigenvalue weighted by molar-refractivity contribution is 9.10. The van der Waals surface area contributed by atoms with Crippen LogP contribution in [0.5, 0.6) is 0 Å². The molecule has 0 saturated carbocycles. The molecule has 0 fully saturated rings. The SMILES string of the molecule is CCC(Br)C(=O)c1c[nH]c2cc(Cl)cc(Cl)c12. The van der Waals surface area contributed by atoms with E-state index in [1.54, 1.807) is 18.3 Å². The second kappa shape index (κ2) is 5.01. The van der Waals surface area contributed by atoms with E-state index in [1.165, 1.54) is 0 Å². The van der Waals surface area contributed by atoms with Crippen LogP contribution in [-0.4, -0.2) is 15.6 Å². The molecule has 0 spiro atoms. The Morgan fingerprint density at radius 3 is 2.82 bits per heavy atom. The Morgan fingerprint density at radius 2 is 2.18 bits per heavy atom. The molecule has 17 heavy (non-hydrogen) atoms. The number of alkyl halides is 1. The van der Waals surface area contributed by atoms with Crippen molar-refractivity contribution in [3.05, 3.63) is 33.9 Å². The number of carbonyl (C=O) groups is 1. The van der Waals surface area contributed by atoms with Gasteiger partial charge >= 0.3 is 0 Å².